The molecule has 0 unspecified atom stereocenters. The van der Waals surface area contributed by atoms with Crippen LogP contribution in [0.25, 0.3) is 10.9 Å². The van der Waals surface area contributed by atoms with Crippen molar-refractivity contribution in [3.63, 3.8) is 0 Å². The average Bonchev–Trinajstić information content (AvgIpc) is 3.33. The minimum absolute atomic E-state index is 0.145. The highest BCUT2D eigenvalue weighted by atomic mass is 32.1. The summed E-state index contributed by atoms with van der Waals surface area (Å²) < 4.78 is 13.2. The molecular formula is C21H17FN2OS. The number of hydrogen-bond acceptors (Lipinski definition) is 2. The van der Waals surface area contributed by atoms with E-state index in [1.54, 1.807) is 23.3 Å². The molecule has 5 heteroatoms. The molecule has 0 saturated heterocycles. The lowest BCUT2D eigenvalue weighted by Gasteiger charge is -2.27. The molecule has 0 bridgehead atoms. The lowest BCUT2D eigenvalue weighted by molar-refractivity contribution is 0.0758. The second-order valence-corrected chi connectivity index (χ2v) is 7.11. The summed E-state index contributed by atoms with van der Waals surface area (Å²) in [5.74, 6) is -0.496. The van der Waals surface area contributed by atoms with Crippen molar-refractivity contribution < 1.29 is 9.18 Å². The lowest BCUT2D eigenvalue weighted by Crippen LogP contribution is -2.31. The van der Waals surface area contributed by atoms with Gasteiger partial charge >= 0.3 is 0 Å². The zero-order valence-corrected chi connectivity index (χ0v) is 15.0. The number of aromatic nitrogens is 1. The molecule has 2 heterocycles. The number of carbonyl (C=O) groups excluding carboxylic acids is 1. The van der Waals surface area contributed by atoms with Crippen LogP contribution >= 0.6 is 11.3 Å². The summed E-state index contributed by atoms with van der Waals surface area (Å²) in [5.41, 5.74) is 2.54. The van der Waals surface area contributed by atoms with Crippen molar-refractivity contribution in [2.75, 3.05) is 7.05 Å². The van der Waals surface area contributed by atoms with E-state index in [0.717, 1.165) is 21.3 Å². The first-order valence-electron chi connectivity index (χ1n) is 8.27. The summed E-state index contributed by atoms with van der Waals surface area (Å²) in [6.07, 6.45) is 1.96. The molecule has 0 radical (unpaired) electrons. The van der Waals surface area contributed by atoms with Gasteiger partial charge in [0.15, 0.2) is 0 Å². The molecule has 0 aliphatic heterocycles. The molecule has 0 aliphatic rings. The Hall–Kier alpha value is -2.92. The SMILES string of the molecule is CN(C(=O)c1ccc(F)cc1)[C@@H](c1cccs1)c1c[nH]c2ccccc12. The van der Waals surface area contributed by atoms with Gasteiger partial charge in [0.05, 0.1) is 6.04 Å². The molecule has 4 rings (SSSR count). The number of rotatable bonds is 4. The van der Waals surface area contributed by atoms with Crippen LogP contribution < -0.4 is 0 Å². The van der Waals surface area contributed by atoms with Crippen LogP contribution in [0.1, 0.15) is 26.8 Å². The van der Waals surface area contributed by atoms with E-state index >= 15 is 0 Å². The van der Waals surface area contributed by atoms with Crippen molar-refractivity contribution in [1.82, 2.24) is 9.88 Å². The Morgan fingerprint density at radius 1 is 1.08 bits per heavy atom. The molecule has 0 spiro atoms. The largest absolute Gasteiger partial charge is 0.361 e. The minimum atomic E-state index is -0.351. The van der Waals surface area contributed by atoms with Crippen molar-refractivity contribution in [2.45, 2.75) is 6.04 Å². The number of carbonyl (C=O) groups is 1. The first-order chi connectivity index (χ1) is 12.6. The van der Waals surface area contributed by atoms with Crippen LogP contribution in [-0.4, -0.2) is 22.8 Å². The van der Waals surface area contributed by atoms with Crippen molar-refractivity contribution in [3.05, 3.63) is 94.1 Å². The number of halogens is 1. The Labute approximate surface area is 154 Å². The summed E-state index contributed by atoms with van der Waals surface area (Å²) in [6, 6.07) is 17.5. The quantitative estimate of drug-likeness (QED) is 0.529. The van der Waals surface area contributed by atoms with Gasteiger partial charge in [0, 0.05) is 40.2 Å². The third-order valence-electron chi connectivity index (χ3n) is 4.53. The Kier molecular flexibility index (Phi) is 4.31. The Balaban J connectivity index is 1.79. The van der Waals surface area contributed by atoms with E-state index < -0.39 is 0 Å². The van der Waals surface area contributed by atoms with Crippen LogP contribution in [0.3, 0.4) is 0 Å². The number of fused-ring (bicyclic) bond motifs is 1. The smallest absolute Gasteiger partial charge is 0.254 e. The molecular weight excluding hydrogens is 347 g/mol. The molecule has 130 valence electrons. The van der Waals surface area contributed by atoms with Gasteiger partial charge in [0.25, 0.3) is 5.91 Å². The number of nitrogens with zero attached hydrogens (tertiary/aromatic N) is 1. The Morgan fingerprint density at radius 2 is 1.85 bits per heavy atom. The van der Waals surface area contributed by atoms with E-state index in [1.807, 2.05) is 41.9 Å². The van der Waals surface area contributed by atoms with Gasteiger partial charge in [0.1, 0.15) is 5.82 Å². The van der Waals surface area contributed by atoms with Crippen molar-refractivity contribution in [3.8, 4) is 0 Å². The van der Waals surface area contributed by atoms with E-state index in [0.29, 0.717) is 5.56 Å². The fourth-order valence-electron chi connectivity index (χ4n) is 3.23. The van der Waals surface area contributed by atoms with Crippen LogP contribution in [0, 0.1) is 5.82 Å². The number of hydrogen-bond donors (Lipinski definition) is 1. The third kappa shape index (κ3) is 2.91. The second-order valence-electron chi connectivity index (χ2n) is 6.13. The van der Waals surface area contributed by atoms with E-state index in [2.05, 4.69) is 11.1 Å². The molecule has 4 aromatic rings. The van der Waals surface area contributed by atoms with Crippen LogP contribution in [0.15, 0.2) is 72.2 Å². The van der Waals surface area contributed by atoms with Gasteiger partial charge in [-0.3, -0.25) is 4.79 Å². The summed E-state index contributed by atoms with van der Waals surface area (Å²) in [5, 5.41) is 3.09. The first kappa shape index (κ1) is 16.5. The highest BCUT2D eigenvalue weighted by Crippen LogP contribution is 2.35. The zero-order chi connectivity index (χ0) is 18.1. The van der Waals surface area contributed by atoms with Gasteiger partial charge in [-0.2, -0.15) is 0 Å². The molecule has 26 heavy (non-hydrogen) atoms. The van der Waals surface area contributed by atoms with Crippen LogP contribution in [0.4, 0.5) is 4.39 Å². The number of amides is 1. The van der Waals surface area contributed by atoms with Gasteiger partial charge < -0.3 is 9.88 Å². The maximum atomic E-state index is 13.2. The zero-order valence-electron chi connectivity index (χ0n) is 14.1. The van der Waals surface area contributed by atoms with Gasteiger partial charge in [-0.15, -0.1) is 11.3 Å². The summed E-state index contributed by atoms with van der Waals surface area (Å²) >= 11 is 1.61. The number of thiophene rings is 1. The van der Waals surface area contributed by atoms with Gasteiger partial charge in [0.2, 0.25) is 0 Å². The predicted octanol–water partition coefficient (Wildman–Crippen LogP) is 5.23. The van der Waals surface area contributed by atoms with E-state index in [-0.39, 0.29) is 17.8 Å². The molecule has 2 aromatic heterocycles. The van der Waals surface area contributed by atoms with Crippen LogP contribution in [0.2, 0.25) is 0 Å². The van der Waals surface area contributed by atoms with Gasteiger partial charge in [-0.1, -0.05) is 24.3 Å². The summed E-state index contributed by atoms with van der Waals surface area (Å²) in [4.78, 5) is 19.1. The number of benzene rings is 2. The fraction of sp³-hybridized carbons (Fsp3) is 0.0952. The van der Waals surface area contributed by atoms with E-state index in [4.69, 9.17) is 0 Å². The summed E-state index contributed by atoms with van der Waals surface area (Å²) in [6.45, 7) is 0. The van der Waals surface area contributed by atoms with Crippen molar-refractivity contribution in [2.24, 2.45) is 0 Å². The molecule has 2 aromatic carbocycles. The molecule has 0 saturated carbocycles. The number of para-hydroxylation sites is 1. The van der Waals surface area contributed by atoms with E-state index in [9.17, 15) is 9.18 Å². The lowest BCUT2D eigenvalue weighted by atomic mass is 10.0. The topological polar surface area (TPSA) is 36.1 Å². The highest BCUT2D eigenvalue weighted by molar-refractivity contribution is 7.10. The Morgan fingerprint density at radius 3 is 2.58 bits per heavy atom. The average molecular weight is 364 g/mol. The third-order valence-corrected chi connectivity index (χ3v) is 5.45. The Bertz CT molecular complexity index is 1040. The number of nitrogens with one attached hydrogen (secondary N) is 1. The monoisotopic (exact) mass is 364 g/mol. The van der Waals surface area contributed by atoms with E-state index in [1.165, 1.54) is 24.3 Å². The normalized spacial score (nSPS) is 12.2. The molecule has 1 amide bonds. The van der Waals surface area contributed by atoms with Crippen LogP contribution in [0.5, 0.6) is 0 Å². The van der Waals surface area contributed by atoms with Gasteiger partial charge in [-0.05, 0) is 41.8 Å². The maximum absolute atomic E-state index is 13.2. The second kappa shape index (κ2) is 6.77. The van der Waals surface area contributed by atoms with Crippen LogP contribution in [-0.2, 0) is 0 Å². The van der Waals surface area contributed by atoms with Crippen molar-refractivity contribution >= 4 is 28.1 Å². The predicted molar refractivity (Wildman–Crippen MR) is 103 cm³/mol. The molecule has 0 aliphatic carbocycles. The number of aromatic amines is 1. The van der Waals surface area contributed by atoms with Crippen molar-refractivity contribution in [1.29, 1.82) is 0 Å². The molecule has 1 N–H and O–H groups in total. The highest BCUT2D eigenvalue weighted by Gasteiger charge is 2.27. The first-order valence-corrected chi connectivity index (χ1v) is 9.15. The fourth-order valence-corrected chi connectivity index (χ4v) is 4.12. The van der Waals surface area contributed by atoms with Gasteiger partial charge in [-0.25, -0.2) is 4.39 Å². The minimum Gasteiger partial charge on any atom is -0.361 e. The standard InChI is InChI=1S/C21H17FN2OS/c1-24(21(25)14-8-10-15(22)11-9-14)20(19-7-4-12-26-19)17-13-23-18-6-3-2-5-16(17)18/h2-13,20,23H,1H3/t20-/m1/s1. The number of H-pyrrole nitrogens is 1. The molecule has 1 atom stereocenters. The maximum Gasteiger partial charge on any atom is 0.254 e. The summed E-state index contributed by atoms with van der Waals surface area (Å²) in [7, 11) is 1.79. The molecule has 0 fully saturated rings. The molecule has 3 nitrogen and oxygen atoms in total.